The lowest BCUT2D eigenvalue weighted by molar-refractivity contribution is 0.0697. The number of thiocarbonyl (C=S) groups is 1. The van der Waals surface area contributed by atoms with Crippen molar-refractivity contribution >= 4 is 29.5 Å². The standard InChI is InChI=1S/C9H10N4O2S/c10-12-9(16)13-11-5-6-1-3-7(4-2-6)8(14)15/h1-5H,10H2,(H,14,15)(H2,12,13,16). The van der Waals surface area contributed by atoms with E-state index < -0.39 is 5.97 Å². The fraction of sp³-hybridized carbons (Fsp3) is 0. The molecular weight excluding hydrogens is 228 g/mol. The molecule has 0 saturated heterocycles. The second kappa shape index (κ2) is 5.79. The monoisotopic (exact) mass is 238 g/mol. The predicted molar refractivity (Wildman–Crippen MR) is 64.1 cm³/mol. The highest BCUT2D eigenvalue weighted by Crippen LogP contribution is 2.01. The van der Waals surface area contributed by atoms with E-state index in [-0.39, 0.29) is 10.7 Å². The van der Waals surface area contributed by atoms with Crippen LogP contribution in [0.2, 0.25) is 0 Å². The molecule has 0 aliphatic carbocycles. The van der Waals surface area contributed by atoms with E-state index in [1.807, 2.05) is 0 Å². The minimum Gasteiger partial charge on any atom is -0.478 e. The Morgan fingerprint density at radius 1 is 1.44 bits per heavy atom. The van der Waals surface area contributed by atoms with Gasteiger partial charge >= 0.3 is 5.97 Å². The minimum atomic E-state index is -0.963. The number of aromatic carboxylic acids is 1. The van der Waals surface area contributed by atoms with Crippen molar-refractivity contribution in [2.24, 2.45) is 10.9 Å². The number of benzene rings is 1. The highest BCUT2D eigenvalue weighted by atomic mass is 32.1. The number of nitrogens with zero attached hydrogens (tertiary/aromatic N) is 1. The highest BCUT2D eigenvalue weighted by Gasteiger charge is 1.99. The highest BCUT2D eigenvalue weighted by molar-refractivity contribution is 7.80. The van der Waals surface area contributed by atoms with Gasteiger partial charge in [0.1, 0.15) is 0 Å². The molecule has 0 aliphatic heterocycles. The molecule has 0 unspecified atom stereocenters. The van der Waals surface area contributed by atoms with Crippen LogP contribution in [0.5, 0.6) is 0 Å². The molecule has 1 aromatic carbocycles. The SMILES string of the molecule is NNC(=S)NN=Cc1ccc(C(=O)O)cc1. The van der Waals surface area contributed by atoms with E-state index >= 15 is 0 Å². The smallest absolute Gasteiger partial charge is 0.335 e. The van der Waals surface area contributed by atoms with Gasteiger partial charge in [-0.1, -0.05) is 12.1 Å². The average Bonchev–Trinajstić information content (AvgIpc) is 2.29. The fourth-order valence-electron chi connectivity index (χ4n) is 0.909. The van der Waals surface area contributed by atoms with Gasteiger partial charge in [-0.05, 0) is 29.9 Å². The van der Waals surface area contributed by atoms with E-state index in [2.05, 4.69) is 28.2 Å². The normalized spacial score (nSPS) is 10.1. The quantitative estimate of drug-likeness (QED) is 0.257. The van der Waals surface area contributed by atoms with Gasteiger partial charge in [0.25, 0.3) is 0 Å². The maximum Gasteiger partial charge on any atom is 0.335 e. The Balaban J connectivity index is 2.61. The molecule has 0 aromatic heterocycles. The molecule has 0 heterocycles. The van der Waals surface area contributed by atoms with E-state index in [0.717, 1.165) is 5.56 Å². The summed E-state index contributed by atoms with van der Waals surface area (Å²) < 4.78 is 0. The third-order valence-electron chi connectivity index (χ3n) is 1.67. The lowest BCUT2D eigenvalue weighted by Gasteiger charge is -1.99. The Bertz CT molecular complexity index is 416. The van der Waals surface area contributed by atoms with Gasteiger partial charge in [-0.15, -0.1) is 0 Å². The van der Waals surface area contributed by atoms with Gasteiger partial charge in [0.05, 0.1) is 11.8 Å². The molecule has 1 rings (SSSR count). The number of hydrazine groups is 1. The fourth-order valence-corrected chi connectivity index (χ4v) is 0.962. The van der Waals surface area contributed by atoms with Gasteiger partial charge in [-0.3, -0.25) is 10.9 Å². The van der Waals surface area contributed by atoms with Gasteiger partial charge in [0.15, 0.2) is 0 Å². The number of carbonyl (C=O) groups is 1. The van der Waals surface area contributed by atoms with Crippen LogP contribution in [0.15, 0.2) is 29.4 Å². The lowest BCUT2D eigenvalue weighted by atomic mass is 10.1. The van der Waals surface area contributed by atoms with Crippen LogP contribution in [-0.2, 0) is 0 Å². The first-order valence-electron chi connectivity index (χ1n) is 4.26. The Labute approximate surface area is 97.1 Å². The van der Waals surface area contributed by atoms with E-state index in [1.54, 1.807) is 12.1 Å². The lowest BCUT2D eigenvalue weighted by Crippen LogP contribution is -2.37. The maximum atomic E-state index is 10.6. The largest absolute Gasteiger partial charge is 0.478 e. The van der Waals surface area contributed by atoms with E-state index in [9.17, 15) is 4.79 Å². The summed E-state index contributed by atoms with van der Waals surface area (Å²) in [7, 11) is 0. The number of carboxylic acids is 1. The van der Waals surface area contributed by atoms with Crippen LogP contribution in [0.4, 0.5) is 0 Å². The van der Waals surface area contributed by atoms with Crippen LogP contribution in [0.1, 0.15) is 15.9 Å². The van der Waals surface area contributed by atoms with Crippen LogP contribution in [-0.4, -0.2) is 22.4 Å². The Morgan fingerprint density at radius 2 is 2.06 bits per heavy atom. The molecular formula is C9H10N4O2S. The van der Waals surface area contributed by atoms with Gasteiger partial charge < -0.3 is 5.11 Å². The molecule has 6 nitrogen and oxygen atoms in total. The average molecular weight is 238 g/mol. The molecule has 7 heteroatoms. The van der Waals surface area contributed by atoms with Crippen molar-refractivity contribution in [3.8, 4) is 0 Å². The first kappa shape index (κ1) is 12.1. The molecule has 0 spiro atoms. The van der Waals surface area contributed by atoms with Crippen molar-refractivity contribution in [3.05, 3.63) is 35.4 Å². The van der Waals surface area contributed by atoms with Crippen molar-refractivity contribution in [2.45, 2.75) is 0 Å². The third-order valence-corrected chi connectivity index (χ3v) is 1.88. The summed E-state index contributed by atoms with van der Waals surface area (Å²) in [5.41, 5.74) is 5.64. The second-order valence-electron chi connectivity index (χ2n) is 2.77. The molecule has 0 amide bonds. The number of carboxylic acid groups (broad SMARTS) is 1. The van der Waals surface area contributed by atoms with Crippen LogP contribution in [0, 0.1) is 0 Å². The first-order chi connectivity index (χ1) is 7.63. The number of nitrogens with two attached hydrogens (primary N) is 1. The van der Waals surface area contributed by atoms with E-state index in [4.69, 9.17) is 10.9 Å². The first-order valence-corrected chi connectivity index (χ1v) is 4.67. The van der Waals surface area contributed by atoms with Crippen molar-refractivity contribution < 1.29 is 9.90 Å². The molecule has 5 N–H and O–H groups in total. The molecule has 84 valence electrons. The van der Waals surface area contributed by atoms with Gasteiger partial charge in [0.2, 0.25) is 5.11 Å². The summed E-state index contributed by atoms with van der Waals surface area (Å²) in [6, 6.07) is 6.24. The molecule has 0 atom stereocenters. The van der Waals surface area contributed by atoms with Crippen molar-refractivity contribution in [3.63, 3.8) is 0 Å². The maximum absolute atomic E-state index is 10.6. The molecule has 1 aromatic rings. The second-order valence-corrected chi connectivity index (χ2v) is 3.18. The zero-order valence-electron chi connectivity index (χ0n) is 8.18. The van der Waals surface area contributed by atoms with Gasteiger partial charge in [-0.2, -0.15) is 5.10 Å². The Morgan fingerprint density at radius 3 is 2.56 bits per heavy atom. The predicted octanol–water partition coefficient (Wildman–Crippen LogP) is 0.0565. The van der Waals surface area contributed by atoms with Crippen LogP contribution in [0.3, 0.4) is 0 Å². The van der Waals surface area contributed by atoms with Gasteiger partial charge in [0, 0.05) is 0 Å². The van der Waals surface area contributed by atoms with E-state index in [1.165, 1.54) is 18.3 Å². The number of nitrogens with one attached hydrogen (secondary N) is 2. The number of hydrazone groups is 1. The topological polar surface area (TPSA) is 99.7 Å². The number of rotatable bonds is 3. The molecule has 0 radical (unpaired) electrons. The van der Waals surface area contributed by atoms with Crippen molar-refractivity contribution in [1.82, 2.24) is 10.9 Å². The summed E-state index contributed by atoms with van der Waals surface area (Å²) >= 11 is 4.69. The van der Waals surface area contributed by atoms with Crippen molar-refractivity contribution in [2.75, 3.05) is 0 Å². The van der Waals surface area contributed by atoms with Crippen LogP contribution in [0.25, 0.3) is 0 Å². The molecule has 0 aliphatic rings. The summed E-state index contributed by atoms with van der Waals surface area (Å²) in [6.45, 7) is 0. The van der Waals surface area contributed by atoms with Crippen LogP contribution < -0.4 is 16.7 Å². The molecule has 0 bridgehead atoms. The van der Waals surface area contributed by atoms with Crippen molar-refractivity contribution in [1.29, 1.82) is 0 Å². The molecule has 0 fully saturated rings. The number of hydrogen-bond donors (Lipinski definition) is 4. The number of hydrogen-bond acceptors (Lipinski definition) is 4. The van der Waals surface area contributed by atoms with E-state index in [0.29, 0.717) is 0 Å². The molecule has 16 heavy (non-hydrogen) atoms. The summed E-state index contributed by atoms with van der Waals surface area (Å²) in [4.78, 5) is 10.6. The molecule has 0 saturated carbocycles. The summed E-state index contributed by atoms with van der Waals surface area (Å²) in [5.74, 6) is 4.05. The van der Waals surface area contributed by atoms with Gasteiger partial charge in [-0.25, -0.2) is 10.6 Å². The zero-order chi connectivity index (χ0) is 12.0. The Hall–Kier alpha value is -1.99. The zero-order valence-corrected chi connectivity index (χ0v) is 8.99. The third kappa shape index (κ3) is 3.64. The van der Waals surface area contributed by atoms with Crippen LogP contribution >= 0.6 is 12.2 Å². The Kier molecular flexibility index (Phi) is 4.37. The summed E-state index contributed by atoms with van der Waals surface area (Å²) in [6.07, 6.45) is 1.50. The minimum absolute atomic E-state index is 0.193. The summed E-state index contributed by atoms with van der Waals surface area (Å²) in [5, 5.41) is 12.6.